The van der Waals surface area contributed by atoms with Crippen LogP contribution in [-0.2, 0) is 30.3 Å². The number of carboxylic acid groups (broad SMARTS) is 1. The number of esters is 1. The van der Waals surface area contributed by atoms with Gasteiger partial charge in [0.1, 0.15) is 12.1 Å². The van der Waals surface area contributed by atoms with Gasteiger partial charge in [-0.05, 0) is 85.8 Å². The lowest BCUT2D eigenvalue weighted by atomic mass is 9.47. The first-order valence-corrected chi connectivity index (χ1v) is 15.6. The summed E-state index contributed by atoms with van der Waals surface area (Å²) < 4.78 is 6.05. The highest BCUT2D eigenvalue weighted by Gasteiger charge is 2.60. The predicted molar refractivity (Wildman–Crippen MR) is 157 cm³/mol. The van der Waals surface area contributed by atoms with E-state index in [-0.39, 0.29) is 42.0 Å². The Morgan fingerprint density at radius 2 is 1.86 bits per heavy atom. The SMILES string of the molecule is C[C@]12CC[C@H]3[C@@H](CCC4=CC(=O)CC[C@@]43C)[C@@H]1CC[C@H]2OC(=O)CCC(=O)N[C@@H](Cc1c[nH]c2ccccc12)C(=O)O. The van der Waals surface area contributed by atoms with Crippen LogP contribution in [0.25, 0.3) is 10.9 Å². The third kappa shape index (κ3) is 5.07. The van der Waals surface area contributed by atoms with E-state index in [0.717, 1.165) is 61.4 Å². The van der Waals surface area contributed by atoms with Crippen LogP contribution >= 0.6 is 0 Å². The lowest BCUT2D eigenvalue weighted by Gasteiger charge is -2.57. The number of carboxylic acids is 1. The fourth-order valence-electron chi connectivity index (χ4n) is 9.13. The fourth-order valence-corrected chi connectivity index (χ4v) is 9.13. The number of benzene rings is 1. The van der Waals surface area contributed by atoms with E-state index < -0.39 is 23.9 Å². The van der Waals surface area contributed by atoms with Gasteiger partial charge in [0.15, 0.2) is 5.78 Å². The highest BCUT2D eigenvalue weighted by Crippen LogP contribution is 2.65. The van der Waals surface area contributed by atoms with Crippen molar-refractivity contribution < 1.29 is 29.0 Å². The highest BCUT2D eigenvalue weighted by molar-refractivity contribution is 5.91. The summed E-state index contributed by atoms with van der Waals surface area (Å²) >= 11 is 0. The molecule has 0 aliphatic heterocycles. The summed E-state index contributed by atoms with van der Waals surface area (Å²) in [4.78, 5) is 52.8. The average Bonchev–Trinajstić information content (AvgIpc) is 3.52. The van der Waals surface area contributed by atoms with Gasteiger partial charge < -0.3 is 20.1 Å². The van der Waals surface area contributed by atoms with E-state index >= 15 is 0 Å². The van der Waals surface area contributed by atoms with E-state index in [4.69, 9.17) is 4.74 Å². The first-order valence-electron chi connectivity index (χ1n) is 15.6. The summed E-state index contributed by atoms with van der Waals surface area (Å²) in [5.41, 5.74) is 3.12. The molecule has 1 amide bonds. The first-order chi connectivity index (χ1) is 20.1. The molecular weight excluding hydrogens is 532 g/mol. The molecule has 6 rings (SSSR count). The molecule has 3 fully saturated rings. The normalized spacial score (nSPS) is 32.7. The number of hydrogen-bond acceptors (Lipinski definition) is 5. The Hall–Kier alpha value is -3.42. The zero-order valence-corrected chi connectivity index (χ0v) is 24.6. The van der Waals surface area contributed by atoms with Crippen LogP contribution in [-0.4, -0.2) is 45.9 Å². The third-order valence-corrected chi connectivity index (χ3v) is 11.4. The van der Waals surface area contributed by atoms with Crippen molar-refractivity contribution in [3.8, 4) is 0 Å². The second-order valence-electron chi connectivity index (χ2n) is 13.6. The van der Waals surface area contributed by atoms with Crippen LogP contribution in [0.2, 0.25) is 0 Å². The molecule has 224 valence electrons. The number of allylic oxidation sites excluding steroid dienone is 1. The van der Waals surface area contributed by atoms with Crippen LogP contribution in [0.3, 0.4) is 0 Å². The molecule has 42 heavy (non-hydrogen) atoms. The van der Waals surface area contributed by atoms with Gasteiger partial charge in [-0.25, -0.2) is 4.79 Å². The molecule has 8 heteroatoms. The minimum Gasteiger partial charge on any atom is -0.480 e. The Bertz CT molecular complexity index is 1440. The largest absolute Gasteiger partial charge is 0.480 e. The number of H-pyrrole nitrogens is 1. The molecule has 0 unspecified atom stereocenters. The Morgan fingerprint density at radius 3 is 2.67 bits per heavy atom. The Balaban J connectivity index is 1.03. The molecule has 3 saturated carbocycles. The molecule has 2 aromatic rings. The van der Waals surface area contributed by atoms with Crippen LogP contribution in [0.4, 0.5) is 0 Å². The second kappa shape index (κ2) is 11.0. The van der Waals surface area contributed by atoms with E-state index in [9.17, 15) is 24.3 Å². The summed E-state index contributed by atoms with van der Waals surface area (Å²) in [6, 6.07) is 6.53. The van der Waals surface area contributed by atoms with Crippen molar-refractivity contribution in [2.24, 2.45) is 28.6 Å². The van der Waals surface area contributed by atoms with E-state index in [0.29, 0.717) is 24.2 Å². The topological polar surface area (TPSA) is 126 Å². The molecule has 0 radical (unpaired) electrons. The summed E-state index contributed by atoms with van der Waals surface area (Å²) in [6.45, 7) is 4.66. The molecule has 7 atom stereocenters. The van der Waals surface area contributed by atoms with E-state index in [1.807, 2.05) is 30.3 Å². The van der Waals surface area contributed by atoms with Crippen LogP contribution in [0.15, 0.2) is 42.1 Å². The lowest BCUT2D eigenvalue weighted by Crippen LogP contribution is -2.51. The number of rotatable bonds is 8. The molecular formula is C34H42N2O6. The molecule has 0 saturated heterocycles. The molecule has 1 aromatic heterocycles. The third-order valence-electron chi connectivity index (χ3n) is 11.4. The number of amides is 1. The number of aromatic amines is 1. The standard InChI is InChI=1S/C34H42N2O6/c1-33-15-13-22(37)18-21(33)7-8-24-25-9-10-29(34(25,2)16-14-26(24)33)42-31(39)12-11-30(38)36-28(32(40)41)17-20-19-35-27-6-4-3-5-23(20)27/h3-6,18-19,24-26,28-29,35H,7-17H2,1-2H3,(H,36,38)(H,40,41)/t24-,25-,26-,28-,29+,33-,34-/m0/s1. The Labute approximate surface area is 246 Å². The van der Waals surface area contributed by atoms with E-state index in [1.54, 1.807) is 6.20 Å². The highest BCUT2D eigenvalue weighted by atomic mass is 16.5. The summed E-state index contributed by atoms with van der Waals surface area (Å²) in [5, 5.41) is 13.3. The summed E-state index contributed by atoms with van der Waals surface area (Å²) in [6.07, 6.45) is 11.2. The molecule has 8 nitrogen and oxygen atoms in total. The van der Waals surface area contributed by atoms with Crippen molar-refractivity contribution in [2.75, 3.05) is 0 Å². The molecule has 0 bridgehead atoms. The Kier molecular flexibility index (Phi) is 7.52. The molecule has 1 heterocycles. The molecule has 0 spiro atoms. The van der Waals surface area contributed by atoms with Gasteiger partial charge in [-0.1, -0.05) is 37.6 Å². The van der Waals surface area contributed by atoms with Crippen molar-refractivity contribution in [3.63, 3.8) is 0 Å². The number of fused-ring (bicyclic) bond motifs is 6. The van der Waals surface area contributed by atoms with Crippen molar-refractivity contribution in [1.82, 2.24) is 10.3 Å². The average molecular weight is 575 g/mol. The fraction of sp³-hybridized carbons (Fsp3) is 0.588. The minimum absolute atomic E-state index is 0.0745. The quantitative estimate of drug-likeness (QED) is 0.357. The number of carbonyl (C=O) groups excluding carboxylic acids is 3. The van der Waals surface area contributed by atoms with Gasteiger partial charge >= 0.3 is 11.9 Å². The number of ether oxygens (including phenoxy) is 1. The molecule has 3 N–H and O–H groups in total. The van der Waals surface area contributed by atoms with Crippen molar-refractivity contribution in [1.29, 1.82) is 0 Å². The zero-order chi connectivity index (χ0) is 29.6. The van der Waals surface area contributed by atoms with E-state index in [1.165, 1.54) is 5.57 Å². The second-order valence-corrected chi connectivity index (χ2v) is 13.6. The number of para-hydroxylation sites is 1. The number of hydrogen-bond donors (Lipinski definition) is 3. The van der Waals surface area contributed by atoms with Crippen molar-refractivity contribution in [3.05, 3.63) is 47.7 Å². The maximum atomic E-state index is 12.9. The van der Waals surface area contributed by atoms with Gasteiger partial charge in [-0.2, -0.15) is 0 Å². The predicted octanol–water partition coefficient (Wildman–Crippen LogP) is 5.50. The molecule has 4 aliphatic rings. The van der Waals surface area contributed by atoms with Crippen LogP contribution in [0.5, 0.6) is 0 Å². The number of ketones is 1. The zero-order valence-electron chi connectivity index (χ0n) is 24.6. The summed E-state index contributed by atoms with van der Waals surface area (Å²) in [5.74, 6) is -0.0533. The molecule has 1 aromatic carbocycles. The van der Waals surface area contributed by atoms with Crippen LogP contribution < -0.4 is 5.32 Å². The Morgan fingerprint density at radius 1 is 1.05 bits per heavy atom. The minimum atomic E-state index is -1.12. The van der Waals surface area contributed by atoms with E-state index in [2.05, 4.69) is 24.1 Å². The smallest absolute Gasteiger partial charge is 0.326 e. The van der Waals surface area contributed by atoms with Gasteiger partial charge in [0.25, 0.3) is 0 Å². The van der Waals surface area contributed by atoms with Crippen LogP contribution in [0, 0.1) is 28.6 Å². The maximum Gasteiger partial charge on any atom is 0.326 e. The van der Waals surface area contributed by atoms with Crippen molar-refractivity contribution in [2.45, 2.75) is 96.6 Å². The number of aromatic nitrogens is 1. The summed E-state index contributed by atoms with van der Waals surface area (Å²) in [7, 11) is 0. The first kappa shape index (κ1) is 28.7. The lowest BCUT2D eigenvalue weighted by molar-refractivity contribution is -0.160. The monoisotopic (exact) mass is 574 g/mol. The number of carbonyl (C=O) groups is 4. The number of aliphatic carboxylic acids is 1. The maximum absolute atomic E-state index is 12.9. The molecule has 4 aliphatic carbocycles. The van der Waals surface area contributed by atoms with Crippen LogP contribution in [0.1, 0.15) is 83.6 Å². The van der Waals surface area contributed by atoms with Gasteiger partial charge in [-0.15, -0.1) is 0 Å². The van der Waals surface area contributed by atoms with Crippen molar-refractivity contribution >= 4 is 34.5 Å². The van der Waals surface area contributed by atoms with Gasteiger partial charge in [-0.3, -0.25) is 14.4 Å². The van der Waals surface area contributed by atoms with Gasteiger partial charge in [0.05, 0.1) is 6.42 Å². The van der Waals surface area contributed by atoms with Gasteiger partial charge in [0.2, 0.25) is 5.91 Å². The number of nitrogens with one attached hydrogen (secondary N) is 2. The van der Waals surface area contributed by atoms with Gasteiger partial charge in [0, 0.05) is 41.8 Å².